The van der Waals surface area contributed by atoms with Gasteiger partial charge in [0.1, 0.15) is 5.54 Å². The molecule has 0 unspecified atom stereocenters. The van der Waals surface area contributed by atoms with Gasteiger partial charge in [-0.2, -0.15) is 5.26 Å². The molecule has 2 fully saturated rings. The Hall–Kier alpha value is -2.10. The summed E-state index contributed by atoms with van der Waals surface area (Å²) in [4.78, 5) is 40.4. The van der Waals surface area contributed by atoms with Crippen molar-refractivity contribution in [1.29, 1.82) is 5.26 Å². The number of rotatable bonds is 4. The minimum Gasteiger partial charge on any atom is -0.455 e. The molecule has 2 amide bonds. The molecule has 0 aromatic heterocycles. The first-order valence-electron chi connectivity index (χ1n) is 10.2. The molecule has 0 spiro atoms. The topological polar surface area (TPSA) is 90.7 Å². The average Bonchev–Trinajstić information content (AvgIpc) is 2.70. The lowest BCUT2D eigenvalue weighted by Crippen LogP contribution is -2.51. The number of carbonyl (C=O) groups excluding carboxylic acids is 3. The highest BCUT2D eigenvalue weighted by molar-refractivity contribution is 5.83. The average molecular weight is 392 g/mol. The summed E-state index contributed by atoms with van der Waals surface area (Å²) in [6.07, 6.45) is 5.37. The van der Waals surface area contributed by atoms with Gasteiger partial charge in [0.05, 0.1) is 12.0 Å². The molecular formula is C21H33N3O4. The van der Waals surface area contributed by atoms with Crippen molar-refractivity contribution in [2.24, 2.45) is 11.3 Å². The summed E-state index contributed by atoms with van der Waals surface area (Å²) < 4.78 is 5.26. The van der Waals surface area contributed by atoms with Crippen LogP contribution in [0.4, 0.5) is 0 Å². The first-order chi connectivity index (χ1) is 13.1. The van der Waals surface area contributed by atoms with Crippen LogP contribution in [0.5, 0.6) is 0 Å². The minimum absolute atomic E-state index is 0.0883. The number of nitrogens with zero attached hydrogens (tertiary/aromatic N) is 3. The second-order valence-corrected chi connectivity index (χ2v) is 9.08. The van der Waals surface area contributed by atoms with Crippen LogP contribution in [0, 0.1) is 22.7 Å². The second kappa shape index (κ2) is 8.93. The molecule has 1 heterocycles. The van der Waals surface area contributed by atoms with Crippen molar-refractivity contribution in [2.75, 3.05) is 26.7 Å². The van der Waals surface area contributed by atoms with Crippen LogP contribution in [0.1, 0.15) is 65.7 Å². The molecule has 0 aromatic carbocycles. The number of hydrogen-bond acceptors (Lipinski definition) is 5. The molecule has 0 bridgehead atoms. The van der Waals surface area contributed by atoms with Crippen molar-refractivity contribution in [3.63, 3.8) is 0 Å². The van der Waals surface area contributed by atoms with Crippen LogP contribution in [-0.4, -0.2) is 59.9 Å². The Bertz CT molecular complexity index is 633. The van der Waals surface area contributed by atoms with Crippen molar-refractivity contribution < 1.29 is 19.1 Å². The third-order valence-electron chi connectivity index (χ3n) is 6.00. The van der Waals surface area contributed by atoms with Crippen molar-refractivity contribution in [1.82, 2.24) is 9.80 Å². The highest BCUT2D eigenvalue weighted by Crippen LogP contribution is 2.32. The van der Waals surface area contributed by atoms with Crippen molar-refractivity contribution >= 4 is 17.8 Å². The Kier molecular flexibility index (Phi) is 7.08. The van der Waals surface area contributed by atoms with Crippen LogP contribution in [0.15, 0.2) is 0 Å². The SMILES string of the molecule is CN(C(=O)COC(=O)C1CCN(C(=O)C(C)(C)C)CC1)C1(C#N)CCCCC1. The van der Waals surface area contributed by atoms with Gasteiger partial charge < -0.3 is 14.5 Å². The first-order valence-corrected chi connectivity index (χ1v) is 10.2. The molecule has 7 nitrogen and oxygen atoms in total. The van der Waals surface area contributed by atoms with Gasteiger partial charge in [-0.15, -0.1) is 0 Å². The molecule has 1 aliphatic heterocycles. The van der Waals surface area contributed by atoms with Crippen molar-refractivity contribution in [3.8, 4) is 6.07 Å². The van der Waals surface area contributed by atoms with E-state index in [9.17, 15) is 19.6 Å². The molecule has 2 aliphatic rings. The summed E-state index contributed by atoms with van der Waals surface area (Å²) in [5, 5.41) is 9.59. The number of amides is 2. The van der Waals surface area contributed by atoms with Gasteiger partial charge in [0.25, 0.3) is 5.91 Å². The molecule has 0 radical (unpaired) electrons. The van der Waals surface area contributed by atoms with E-state index in [0.717, 1.165) is 19.3 Å². The van der Waals surface area contributed by atoms with E-state index in [-0.39, 0.29) is 30.3 Å². The van der Waals surface area contributed by atoms with Gasteiger partial charge in [-0.05, 0) is 25.7 Å². The van der Waals surface area contributed by atoms with Crippen LogP contribution in [0.25, 0.3) is 0 Å². The zero-order chi connectivity index (χ0) is 20.9. The smallest absolute Gasteiger partial charge is 0.309 e. The number of likely N-dealkylation sites (tertiary alicyclic amines) is 1. The molecule has 1 saturated heterocycles. The summed E-state index contributed by atoms with van der Waals surface area (Å²) in [7, 11) is 1.63. The molecule has 7 heteroatoms. The van der Waals surface area contributed by atoms with E-state index in [1.165, 1.54) is 4.90 Å². The number of nitriles is 1. The standard InChI is InChI=1S/C21H33N3O4/c1-20(2,3)19(27)24-12-8-16(9-13-24)18(26)28-14-17(25)23(4)21(15-22)10-6-5-7-11-21/h16H,5-14H2,1-4H3. The number of piperidine rings is 1. The zero-order valence-electron chi connectivity index (χ0n) is 17.6. The van der Waals surface area contributed by atoms with E-state index < -0.39 is 11.0 Å². The third-order valence-corrected chi connectivity index (χ3v) is 6.00. The lowest BCUT2D eigenvalue weighted by Gasteiger charge is -2.39. The highest BCUT2D eigenvalue weighted by atomic mass is 16.5. The first kappa shape index (κ1) is 22.2. The summed E-state index contributed by atoms with van der Waals surface area (Å²) >= 11 is 0. The van der Waals surface area contributed by atoms with E-state index in [1.54, 1.807) is 11.9 Å². The fraction of sp³-hybridized carbons (Fsp3) is 0.810. The van der Waals surface area contributed by atoms with Crippen LogP contribution < -0.4 is 0 Å². The Morgan fingerprint density at radius 3 is 2.21 bits per heavy atom. The maximum absolute atomic E-state index is 12.5. The van der Waals surface area contributed by atoms with Gasteiger partial charge in [0, 0.05) is 25.6 Å². The highest BCUT2D eigenvalue weighted by Gasteiger charge is 2.39. The fourth-order valence-electron chi connectivity index (χ4n) is 4.04. The molecule has 0 aromatic rings. The summed E-state index contributed by atoms with van der Waals surface area (Å²) in [6, 6.07) is 2.30. The molecule has 1 aliphatic carbocycles. The molecule has 1 saturated carbocycles. The van der Waals surface area contributed by atoms with Gasteiger partial charge >= 0.3 is 5.97 Å². The van der Waals surface area contributed by atoms with E-state index in [1.807, 2.05) is 20.8 Å². The van der Waals surface area contributed by atoms with E-state index in [2.05, 4.69) is 6.07 Å². The fourth-order valence-corrected chi connectivity index (χ4v) is 4.04. The third kappa shape index (κ3) is 5.03. The molecule has 0 atom stereocenters. The largest absolute Gasteiger partial charge is 0.455 e. The summed E-state index contributed by atoms with van der Waals surface area (Å²) in [5.41, 5.74) is -1.21. The Balaban J connectivity index is 1.82. The second-order valence-electron chi connectivity index (χ2n) is 9.08. The van der Waals surface area contributed by atoms with Crippen molar-refractivity contribution in [2.45, 2.75) is 71.3 Å². The van der Waals surface area contributed by atoms with Gasteiger partial charge in [-0.25, -0.2) is 0 Å². The quantitative estimate of drug-likeness (QED) is 0.687. The zero-order valence-corrected chi connectivity index (χ0v) is 17.6. The lowest BCUT2D eigenvalue weighted by molar-refractivity contribution is -0.159. The number of likely N-dealkylation sites (N-methyl/N-ethyl adjacent to an activating group) is 1. The van der Waals surface area contributed by atoms with Crippen LogP contribution in [-0.2, 0) is 19.1 Å². The van der Waals surface area contributed by atoms with E-state index in [0.29, 0.717) is 38.8 Å². The number of esters is 1. The predicted octanol–water partition coefficient (Wildman–Crippen LogP) is 2.50. The molecule has 2 rings (SSSR count). The molecule has 28 heavy (non-hydrogen) atoms. The summed E-state index contributed by atoms with van der Waals surface area (Å²) in [6.45, 7) is 6.39. The minimum atomic E-state index is -0.777. The maximum Gasteiger partial charge on any atom is 0.309 e. The van der Waals surface area contributed by atoms with E-state index in [4.69, 9.17) is 4.74 Å². The molecule has 0 N–H and O–H groups in total. The van der Waals surface area contributed by atoms with Gasteiger partial charge in [0.15, 0.2) is 6.61 Å². The lowest BCUT2D eigenvalue weighted by atomic mass is 9.81. The van der Waals surface area contributed by atoms with Crippen molar-refractivity contribution in [3.05, 3.63) is 0 Å². The summed E-state index contributed by atoms with van der Waals surface area (Å²) in [5.74, 6) is -0.927. The number of carbonyl (C=O) groups is 3. The normalized spacial score (nSPS) is 20.2. The maximum atomic E-state index is 12.5. The van der Waals surface area contributed by atoms with Crippen LogP contribution in [0.3, 0.4) is 0 Å². The van der Waals surface area contributed by atoms with E-state index >= 15 is 0 Å². The van der Waals surface area contributed by atoms with Gasteiger partial charge in [-0.3, -0.25) is 14.4 Å². The number of ether oxygens (including phenoxy) is 1. The predicted molar refractivity (Wildman–Crippen MR) is 104 cm³/mol. The van der Waals surface area contributed by atoms with Gasteiger partial charge in [0.2, 0.25) is 5.91 Å². The van der Waals surface area contributed by atoms with Crippen LogP contribution >= 0.6 is 0 Å². The Labute approximate surface area is 168 Å². The van der Waals surface area contributed by atoms with Gasteiger partial charge in [-0.1, -0.05) is 40.0 Å². The number of hydrogen-bond donors (Lipinski definition) is 0. The Morgan fingerprint density at radius 1 is 1.14 bits per heavy atom. The van der Waals surface area contributed by atoms with Crippen LogP contribution in [0.2, 0.25) is 0 Å². The Morgan fingerprint density at radius 2 is 1.71 bits per heavy atom. The molecule has 156 valence electrons. The monoisotopic (exact) mass is 391 g/mol. The molecular weight excluding hydrogens is 358 g/mol.